The van der Waals surface area contributed by atoms with Crippen molar-refractivity contribution in [1.29, 1.82) is 0 Å². The zero-order valence-electron chi connectivity index (χ0n) is 39.4. The maximum atomic E-state index is 12.7. The number of benzene rings is 2. The zero-order chi connectivity index (χ0) is 43.5. The second kappa shape index (κ2) is 14.4. The first-order valence-electron chi connectivity index (χ1n) is 26.9. The van der Waals surface area contributed by atoms with Crippen LogP contribution in [0.1, 0.15) is 207 Å². The Morgan fingerprint density at radius 3 is 1.45 bits per heavy atom. The standard InChI is InChI=1S/C30H40N2O2.C28H36O2/c1-17(33)31-32-28-6-5-25-23-4-3-21-12-27(34)26(13-24(21)22(23)7-8-29(25,28)2)30-14-18-9-19(15-30)11-20(10-18)16-30;1-27-7-6-20-21(23(27)4-5-26(27)30)3-2-19-11-25(29)24(12-22(19)20)28-13-16-8-17(14-28)10-18(9-16)15-28/h12-13,18-20,22-23,25,34H,3-11,14-16H2,1-2H3,(H,31,33);11-12,16-18,20-21,23,29H,2-10,13-15H2,1H3/b32-28+;/t18?,19?,20?,22?,23?,25?,29-,30?;16?,17?,18?,20?,21?,23?,27-,28?/m00/s1. The topological polar surface area (TPSA) is 99.0 Å². The van der Waals surface area contributed by atoms with E-state index in [1.807, 2.05) is 0 Å². The molecule has 3 N–H and O–H groups in total. The molecule has 6 nitrogen and oxygen atoms in total. The molecule has 64 heavy (non-hydrogen) atoms. The predicted octanol–water partition coefficient (Wildman–Crippen LogP) is 12.5. The molecular weight excluding hydrogens is 789 g/mol. The van der Waals surface area contributed by atoms with Gasteiger partial charge in [0.1, 0.15) is 17.3 Å². The molecule has 0 heterocycles. The lowest BCUT2D eigenvalue weighted by Crippen LogP contribution is -2.48. The van der Waals surface area contributed by atoms with Crippen molar-refractivity contribution < 1.29 is 19.8 Å². The lowest BCUT2D eigenvalue weighted by molar-refractivity contribution is -0.129. The van der Waals surface area contributed by atoms with E-state index >= 15 is 0 Å². The molecule has 1 amide bonds. The Hall–Kier alpha value is -3.15. The zero-order valence-corrected chi connectivity index (χ0v) is 39.4. The molecule has 342 valence electrons. The van der Waals surface area contributed by atoms with Gasteiger partial charge in [0, 0.05) is 41.0 Å². The number of aromatic hydroxyl groups is 2. The number of phenols is 2. The number of phenolic OH excluding ortho intramolecular Hbond substituents is 2. The molecule has 12 fully saturated rings. The number of nitrogens with one attached hydrogen (secondary N) is 1. The van der Waals surface area contributed by atoms with Crippen molar-refractivity contribution in [3.05, 3.63) is 57.6 Å². The highest BCUT2D eigenvalue weighted by atomic mass is 16.3. The number of hydrazone groups is 1. The summed E-state index contributed by atoms with van der Waals surface area (Å²) in [5, 5.41) is 27.1. The van der Waals surface area contributed by atoms with Crippen molar-refractivity contribution in [2.45, 2.75) is 198 Å². The minimum Gasteiger partial charge on any atom is -0.508 e. The highest BCUT2D eigenvalue weighted by molar-refractivity contribution is 5.93. The number of ketones is 1. The number of hydrogen-bond acceptors (Lipinski definition) is 5. The monoisotopic (exact) mass is 865 g/mol. The van der Waals surface area contributed by atoms with Gasteiger partial charge in [0.15, 0.2) is 0 Å². The normalized spacial score (nSPS) is 46.6. The van der Waals surface area contributed by atoms with Gasteiger partial charge >= 0.3 is 0 Å². The fraction of sp³-hybridized carbons (Fsp3) is 0.741. The first-order chi connectivity index (χ1) is 30.8. The summed E-state index contributed by atoms with van der Waals surface area (Å²) in [4.78, 5) is 24.2. The van der Waals surface area contributed by atoms with Gasteiger partial charge in [-0.15, -0.1) is 0 Å². The Morgan fingerprint density at radius 1 is 0.578 bits per heavy atom. The maximum absolute atomic E-state index is 12.7. The van der Waals surface area contributed by atoms with E-state index in [-0.39, 0.29) is 27.6 Å². The number of Topliss-reactive ketones (excluding diaryl/α,β-unsaturated/α-hetero) is 1. The van der Waals surface area contributed by atoms with E-state index in [0.717, 1.165) is 80.5 Å². The molecule has 14 aliphatic rings. The summed E-state index contributed by atoms with van der Waals surface area (Å²) in [7, 11) is 0. The van der Waals surface area contributed by atoms with Gasteiger partial charge < -0.3 is 10.2 Å². The second-order valence-corrected chi connectivity index (χ2v) is 26.0. The number of hydrogen-bond donors (Lipinski definition) is 3. The van der Waals surface area contributed by atoms with Gasteiger partial charge in [-0.3, -0.25) is 9.59 Å². The molecule has 2 aromatic carbocycles. The van der Waals surface area contributed by atoms with Crippen LogP contribution in [0.15, 0.2) is 29.4 Å². The van der Waals surface area contributed by atoms with E-state index < -0.39 is 0 Å². The number of rotatable bonds is 3. The van der Waals surface area contributed by atoms with Crippen LogP contribution in [-0.2, 0) is 33.3 Å². The molecule has 6 unspecified atom stereocenters. The van der Waals surface area contributed by atoms with E-state index in [9.17, 15) is 19.8 Å². The molecular formula is C58H76N2O4. The third kappa shape index (κ3) is 6.09. The molecule has 2 aromatic rings. The minimum atomic E-state index is -0.0724. The summed E-state index contributed by atoms with van der Waals surface area (Å²) in [6, 6.07) is 9.39. The first-order valence-corrected chi connectivity index (χ1v) is 26.9. The number of nitrogens with zero attached hydrogens (tertiary/aromatic N) is 1. The van der Waals surface area contributed by atoms with Crippen molar-refractivity contribution in [2.24, 2.45) is 75.1 Å². The molecule has 14 aliphatic carbocycles. The van der Waals surface area contributed by atoms with Gasteiger partial charge in [-0.1, -0.05) is 26.0 Å². The Balaban J connectivity index is 0.000000130. The van der Waals surface area contributed by atoms with Gasteiger partial charge in [-0.25, -0.2) is 5.43 Å². The van der Waals surface area contributed by atoms with Crippen LogP contribution in [0.5, 0.6) is 11.5 Å². The molecule has 0 aliphatic heterocycles. The first kappa shape index (κ1) is 41.1. The lowest BCUT2D eigenvalue weighted by atomic mass is 9.47. The van der Waals surface area contributed by atoms with Crippen LogP contribution in [0.25, 0.3) is 0 Å². The number of carbonyl (C=O) groups is 2. The van der Waals surface area contributed by atoms with Crippen molar-refractivity contribution in [2.75, 3.05) is 0 Å². The summed E-state index contributed by atoms with van der Waals surface area (Å²) >= 11 is 0. The highest BCUT2D eigenvalue weighted by Crippen LogP contribution is 2.66. The quantitative estimate of drug-likeness (QED) is 0.268. The predicted molar refractivity (Wildman–Crippen MR) is 251 cm³/mol. The fourth-order valence-corrected chi connectivity index (χ4v) is 20.8. The van der Waals surface area contributed by atoms with E-state index in [0.29, 0.717) is 52.8 Å². The summed E-state index contributed by atoms with van der Waals surface area (Å²) in [6.45, 7) is 6.23. The summed E-state index contributed by atoms with van der Waals surface area (Å²) in [5.74, 6) is 10.9. The molecule has 8 atom stereocenters. The minimum absolute atomic E-state index is 0.0433. The fourth-order valence-electron chi connectivity index (χ4n) is 20.8. The van der Waals surface area contributed by atoms with Crippen LogP contribution in [0.3, 0.4) is 0 Å². The number of fused-ring (bicyclic) bond motifs is 10. The van der Waals surface area contributed by atoms with Gasteiger partial charge in [0.05, 0.1) is 0 Å². The van der Waals surface area contributed by atoms with Crippen molar-refractivity contribution in [3.63, 3.8) is 0 Å². The molecule has 0 spiro atoms. The van der Waals surface area contributed by atoms with E-state index in [1.165, 1.54) is 137 Å². The molecule has 16 rings (SSSR count). The van der Waals surface area contributed by atoms with Crippen LogP contribution in [0.2, 0.25) is 0 Å². The second-order valence-electron chi connectivity index (χ2n) is 26.0. The SMILES string of the molecule is CC(=O)N/N=C1\CCC2C3CCc4cc(O)c(C56CC7CC(CC(C7)C5)C6)cc4C3CC[C@]12C.C[C@]12CCC3c4cc(C56CC7CC(CC(C7)C5)C6)c(O)cc4CCC3C1CCC2=O. The molecule has 6 heteroatoms. The van der Waals surface area contributed by atoms with Crippen molar-refractivity contribution >= 4 is 17.4 Å². The molecule has 0 saturated heterocycles. The highest BCUT2D eigenvalue weighted by Gasteiger charge is 2.58. The molecule has 8 bridgehead atoms. The molecule has 12 saturated carbocycles. The Morgan fingerprint density at radius 2 is 1.00 bits per heavy atom. The number of aryl methyl sites for hydroxylation is 2. The van der Waals surface area contributed by atoms with Crippen LogP contribution >= 0.6 is 0 Å². The lowest BCUT2D eigenvalue weighted by Gasteiger charge is -2.57. The average molecular weight is 865 g/mol. The third-order valence-electron chi connectivity index (χ3n) is 22.7. The summed E-state index contributed by atoms with van der Waals surface area (Å²) in [5.41, 5.74) is 13.1. The van der Waals surface area contributed by atoms with Crippen LogP contribution in [0.4, 0.5) is 0 Å². The van der Waals surface area contributed by atoms with E-state index in [2.05, 4.69) is 48.6 Å². The van der Waals surface area contributed by atoms with Gasteiger partial charge in [-0.2, -0.15) is 5.10 Å². The summed E-state index contributed by atoms with van der Waals surface area (Å²) < 4.78 is 0. The van der Waals surface area contributed by atoms with Crippen LogP contribution < -0.4 is 5.43 Å². The number of carbonyl (C=O) groups excluding carboxylic acids is 2. The maximum Gasteiger partial charge on any atom is 0.236 e. The number of amides is 1. The van der Waals surface area contributed by atoms with E-state index in [4.69, 9.17) is 0 Å². The molecule has 0 radical (unpaired) electrons. The van der Waals surface area contributed by atoms with Crippen LogP contribution in [-0.4, -0.2) is 27.6 Å². The Labute approximate surface area is 383 Å². The average Bonchev–Trinajstić information content (AvgIpc) is 3.75. The smallest absolute Gasteiger partial charge is 0.236 e. The summed E-state index contributed by atoms with van der Waals surface area (Å²) in [6.07, 6.45) is 29.9. The van der Waals surface area contributed by atoms with E-state index in [1.54, 1.807) is 18.1 Å². The Bertz CT molecular complexity index is 2250. The van der Waals surface area contributed by atoms with Gasteiger partial charge in [0.25, 0.3) is 0 Å². The van der Waals surface area contributed by atoms with Crippen LogP contribution in [0, 0.1) is 70.0 Å². The molecule has 0 aromatic heterocycles. The Kier molecular flexibility index (Phi) is 9.26. The van der Waals surface area contributed by atoms with Crippen molar-refractivity contribution in [3.8, 4) is 11.5 Å². The third-order valence-corrected chi connectivity index (χ3v) is 22.7. The van der Waals surface area contributed by atoms with Gasteiger partial charge in [0.2, 0.25) is 5.91 Å². The van der Waals surface area contributed by atoms with Crippen molar-refractivity contribution in [1.82, 2.24) is 5.43 Å². The largest absolute Gasteiger partial charge is 0.508 e. The van der Waals surface area contributed by atoms with Gasteiger partial charge in [-0.05, 0) is 264 Å².